The maximum Gasteiger partial charge on any atom is 0.460 e. The van der Waals surface area contributed by atoms with E-state index in [-0.39, 0.29) is 6.54 Å². The van der Waals surface area contributed by atoms with Gasteiger partial charge in [-0.25, -0.2) is 0 Å². The normalized spacial score (nSPS) is 13.9. The van der Waals surface area contributed by atoms with Crippen molar-refractivity contribution in [3.8, 4) is 0 Å². The minimum absolute atomic E-state index is 0.0133. The summed E-state index contributed by atoms with van der Waals surface area (Å²) < 4.78 is 85.4. The minimum Gasteiger partial charge on any atom is -0.349 e. The largest absolute Gasteiger partial charge is 0.460 e. The first kappa shape index (κ1) is 16.9. The number of carbonyl (C=O) groups is 1. The van der Waals surface area contributed by atoms with Crippen LogP contribution < -0.4 is 5.32 Å². The van der Waals surface area contributed by atoms with Crippen LogP contribution in [0.4, 0.5) is 30.7 Å². The summed E-state index contributed by atoms with van der Waals surface area (Å²) in [5.41, 5.74) is 0. The molecule has 0 heterocycles. The van der Waals surface area contributed by atoms with Crippen molar-refractivity contribution in [2.75, 3.05) is 27.2 Å². The number of nitrogens with zero attached hydrogens (tertiary/aromatic N) is 1. The summed E-state index contributed by atoms with van der Waals surface area (Å²) in [5, 5.41) is 1.32. The Kier molecular flexibility index (Phi) is 4.98. The van der Waals surface area contributed by atoms with Crippen LogP contribution in [0.3, 0.4) is 0 Å². The third-order valence-corrected chi connectivity index (χ3v) is 1.88. The smallest absolute Gasteiger partial charge is 0.349 e. The number of hydrogen-bond acceptors (Lipinski definition) is 2. The molecule has 108 valence electrons. The fraction of sp³-hybridized carbons (Fsp3) is 0.875. The second-order valence-electron chi connectivity index (χ2n) is 3.71. The van der Waals surface area contributed by atoms with Crippen molar-refractivity contribution in [2.45, 2.75) is 18.0 Å². The van der Waals surface area contributed by atoms with Crippen LogP contribution in [0.15, 0.2) is 0 Å². The molecule has 1 amide bonds. The lowest BCUT2D eigenvalue weighted by Gasteiger charge is -2.27. The van der Waals surface area contributed by atoms with Crippen molar-refractivity contribution in [1.29, 1.82) is 0 Å². The SMILES string of the molecule is CN(C)CCNC(=O)C(F)(F)C(F)(F)C(F)(F)F. The molecule has 0 radical (unpaired) electrons. The number of halogens is 7. The molecule has 0 atom stereocenters. The molecule has 0 aromatic carbocycles. The number of rotatable bonds is 5. The van der Waals surface area contributed by atoms with Gasteiger partial charge in [-0.05, 0) is 14.1 Å². The molecular weight excluding hydrogens is 273 g/mol. The van der Waals surface area contributed by atoms with Crippen molar-refractivity contribution < 1.29 is 35.5 Å². The Bertz CT molecular complexity index is 300. The highest BCUT2D eigenvalue weighted by Gasteiger charge is 2.76. The quantitative estimate of drug-likeness (QED) is 0.776. The predicted molar refractivity (Wildman–Crippen MR) is 47.5 cm³/mol. The Hall–Kier alpha value is -1.06. The number of hydrogen-bond donors (Lipinski definition) is 1. The van der Waals surface area contributed by atoms with E-state index in [9.17, 15) is 35.5 Å². The molecular formula is C8H11F7N2O. The van der Waals surface area contributed by atoms with E-state index in [4.69, 9.17) is 0 Å². The van der Waals surface area contributed by atoms with Gasteiger partial charge in [0.2, 0.25) is 0 Å². The lowest BCUT2D eigenvalue weighted by atomic mass is 10.1. The van der Waals surface area contributed by atoms with Crippen LogP contribution in [0.25, 0.3) is 0 Å². The summed E-state index contributed by atoms with van der Waals surface area (Å²) in [4.78, 5) is 12.1. The van der Waals surface area contributed by atoms with Gasteiger partial charge >= 0.3 is 18.0 Å². The zero-order chi connectivity index (χ0) is 14.8. The topological polar surface area (TPSA) is 32.3 Å². The molecule has 18 heavy (non-hydrogen) atoms. The van der Waals surface area contributed by atoms with Gasteiger partial charge in [0.15, 0.2) is 0 Å². The number of alkyl halides is 7. The fourth-order valence-corrected chi connectivity index (χ4v) is 0.825. The Morgan fingerprint density at radius 2 is 1.50 bits per heavy atom. The van der Waals surface area contributed by atoms with Crippen LogP contribution in [0.5, 0.6) is 0 Å². The predicted octanol–water partition coefficient (Wildman–Crippen LogP) is 1.50. The van der Waals surface area contributed by atoms with E-state index in [1.54, 1.807) is 0 Å². The molecule has 0 aliphatic heterocycles. The van der Waals surface area contributed by atoms with Crippen molar-refractivity contribution in [3.63, 3.8) is 0 Å². The third-order valence-electron chi connectivity index (χ3n) is 1.88. The maximum absolute atomic E-state index is 12.7. The molecule has 3 nitrogen and oxygen atoms in total. The molecule has 1 N–H and O–H groups in total. The molecule has 0 saturated carbocycles. The summed E-state index contributed by atoms with van der Waals surface area (Å²) in [6.45, 7) is -0.464. The van der Waals surface area contributed by atoms with Gasteiger partial charge in [-0.2, -0.15) is 30.7 Å². The Morgan fingerprint density at radius 3 is 1.83 bits per heavy atom. The number of likely N-dealkylation sites (N-methyl/N-ethyl adjacent to an activating group) is 1. The van der Waals surface area contributed by atoms with E-state index < -0.39 is 30.5 Å². The number of amides is 1. The highest BCUT2D eigenvalue weighted by Crippen LogP contribution is 2.46. The van der Waals surface area contributed by atoms with E-state index >= 15 is 0 Å². The zero-order valence-electron chi connectivity index (χ0n) is 9.42. The van der Waals surface area contributed by atoms with Gasteiger partial charge in [-0.15, -0.1) is 0 Å². The highest BCUT2D eigenvalue weighted by molar-refractivity contribution is 5.84. The fourth-order valence-electron chi connectivity index (χ4n) is 0.825. The van der Waals surface area contributed by atoms with E-state index in [0.717, 1.165) is 0 Å². The van der Waals surface area contributed by atoms with E-state index in [1.165, 1.54) is 24.3 Å². The highest BCUT2D eigenvalue weighted by atomic mass is 19.4. The zero-order valence-corrected chi connectivity index (χ0v) is 9.42. The molecule has 0 unspecified atom stereocenters. The standard InChI is InChI=1S/C8H11F7N2O/c1-17(2)4-3-16-5(18)6(9,10)7(11,12)8(13,14)15/h3-4H2,1-2H3,(H,16,18). The number of carbonyl (C=O) groups excluding carboxylic acids is 1. The summed E-state index contributed by atoms with van der Waals surface area (Å²) in [7, 11) is 2.99. The first-order valence-corrected chi connectivity index (χ1v) is 4.59. The third kappa shape index (κ3) is 3.47. The maximum atomic E-state index is 12.7. The molecule has 0 saturated heterocycles. The molecule has 0 aromatic heterocycles. The van der Waals surface area contributed by atoms with Gasteiger partial charge in [0.1, 0.15) is 0 Å². The monoisotopic (exact) mass is 284 g/mol. The first-order valence-electron chi connectivity index (χ1n) is 4.59. The Balaban J connectivity index is 4.77. The summed E-state index contributed by atoms with van der Waals surface area (Å²) in [6, 6.07) is 0. The average molecular weight is 284 g/mol. The van der Waals surface area contributed by atoms with Crippen molar-refractivity contribution in [2.24, 2.45) is 0 Å². The second kappa shape index (κ2) is 5.29. The molecule has 10 heteroatoms. The van der Waals surface area contributed by atoms with Gasteiger partial charge < -0.3 is 10.2 Å². The van der Waals surface area contributed by atoms with Gasteiger partial charge in [0, 0.05) is 13.1 Å². The van der Waals surface area contributed by atoms with Crippen LogP contribution in [-0.2, 0) is 4.79 Å². The van der Waals surface area contributed by atoms with Gasteiger partial charge in [-0.3, -0.25) is 4.79 Å². The van der Waals surface area contributed by atoms with Gasteiger partial charge in [-0.1, -0.05) is 0 Å². The summed E-state index contributed by atoms with van der Waals surface area (Å²) >= 11 is 0. The molecule has 0 bridgehead atoms. The Labute approximate surface area is 97.9 Å². The average Bonchev–Trinajstić information content (AvgIpc) is 2.14. The minimum atomic E-state index is -6.50. The van der Waals surface area contributed by atoms with Crippen molar-refractivity contribution in [1.82, 2.24) is 10.2 Å². The molecule has 0 aliphatic carbocycles. The summed E-state index contributed by atoms with van der Waals surface area (Å²) in [5.74, 6) is -14.9. The second-order valence-corrected chi connectivity index (χ2v) is 3.71. The molecule has 0 spiro atoms. The van der Waals surface area contributed by atoms with Gasteiger partial charge in [0.25, 0.3) is 5.91 Å². The number of nitrogens with one attached hydrogen (secondary N) is 1. The van der Waals surface area contributed by atoms with Crippen molar-refractivity contribution in [3.05, 3.63) is 0 Å². The molecule has 0 rings (SSSR count). The van der Waals surface area contributed by atoms with Crippen LogP contribution in [-0.4, -0.2) is 56.0 Å². The lowest BCUT2D eigenvalue weighted by Crippen LogP contribution is -2.59. The molecule has 0 fully saturated rings. The van der Waals surface area contributed by atoms with Crippen molar-refractivity contribution >= 4 is 5.91 Å². The van der Waals surface area contributed by atoms with E-state index in [1.807, 2.05) is 0 Å². The first-order chi connectivity index (χ1) is 7.84. The van der Waals surface area contributed by atoms with Crippen LogP contribution in [0, 0.1) is 0 Å². The van der Waals surface area contributed by atoms with E-state index in [2.05, 4.69) is 0 Å². The van der Waals surface area contributed by atoms with Gasteiger partial charge in [0.05, 0.1) is 0 Å². The van der Waals surface area contributed by atoms with Crippen LogP contribution in [0.2, 0.25) is 0 Å². The Morgan fingerprint density at radius 1 is 1.06 bits per heavy atom. The molecule has 0 aliphatic rings. The van der Waals surface area contributed by atoms with Crippen LogP contribution in [0.1, 0.15) is 0 Å². The summed E-state index contributed by atoms with van der Waals surface area (Å²) in [6.07, 6.45) is -6.50. The molecule has 0 aromatic rings. The lowest BCUT2D eigenvalue weighted by molar-refractivity contribution is -0.344. The van der Waals surface area contributed by atoms with E-state index in [0.29, 0.717) is 0 Å². The van der Waals surface area contributed by atoms with Crippen LogP contribution >= 0.6 is 0 Å².